The van der Waals surface area contributed by atoms with Crippen LogP contribution in [-0.4, -0.2) is 10.7 Å². The van der Waals surface area contributed by atoms with Gasteiger partial charge in [-0.3, -0.25) is 14.9 Å². The van der Waals surface area contributed by atoms with Gasteiger partial charge in [0, 0.05) is 23.5 Å². The molecule has 104 valence electrons. The zero-order chi connectivity index (χ0) is 15.0. The molecule has 1 unspecified atom stereocenters. The number of carbonyl (C=O) groups is 1. The lowest BCUT2D eigenvalue weighted by atomic mass is 9.76. The molecule has 1 atom stereocenters. The number of nitriles is 1. The Bertz CT molecular complexity index is 616. The Morgan fingerprint density at radius 1 is 1.35 bits per heavy atom. The van der Waals surface area contributed by atoms with Crippen molar-refractivity contribution in [3.63, 3.8) is 0 Å². The van der Waals surface area contributed by atoms with Gasteiger partial charge in [0.1, 0.15) is 5.41 Å². The molecule has 1 aromatic carbocycles. The van der Waals surface area contributed by atoms with Crippen LogP contribution in [-0.2, 0) is 11.2 Å². The van der Waals surface area contributed by atoms with E-state index in [0.717, 1.165) is 0 Å². The van der Waals surface area contributed by atoms with Gasteiger partial charge in [0.15, 0.2) is 5.78 Å². The molecule has 0 amide bonds. The number of nitro benzene ring substituents is 1. The van der Waals surface area contributed by atoms with Crippen LogP contribution in [0.5, 0.6) is 0 Å². The van der Waals surface area contributed by atoms with Crippen molar-refractivity contribution in [1.82, 2.24) is 0 Å². The molecule has 1 fully saturated rings. The van der Waals surface area contributed by atoms with E-state index >= 15 is 0 Å². The molecule has 0 aromatic heterocycles. The molecule has 0 saturated heterocycles. The topological polar surface area (TPSA) is 84.0 Å². The maximum atomic E-state index is 12.5. The van der Waals surface area contributed by atoms with Crippen LogP contribution in [0.4, 0.5) is 5.69 Å². The molecule has 20 heavy (non-hydrogen) atoms. The minimum atomic E-state index is -1.13. The highest BCUT2D eigenvalue weighted by Crippen LogP contribution is 2.47. The molecule has 2 rings (SSSR count). The van der Waals surface area contributed by atoms with E-state index in [2.05, 4.69) is 6.07 Å². The number of hydrogen-bond acceptors (Lipinski definition) is 4. The number of hydrogen-bond donors (Lipinski definition) is 0. The fourth-order valence-corrected chi connectivity index (χ4v) is 2.88. The van der Waals surface area contributed by atoms with Crippen molar-refractivity contribution < 1.29 is 9.72 Å². The smallest absolute Gasteiger partial charge is 0.272 e. The Morgan fingerprint density at radius 3 is 2.50 bits per heavy atom. The Morgan fingerprint density at radius 2 is 2.00 bits per heavy atom. The van der Waals surface area contributed by atoms with Crippen LogP contribution in [0, 0.1) is 32.3 Å². The third-order valence-electron chi connectivity index (χ3n) is 4.12. The number of Topliss-reactive ketones (excluding diaryl/α,β-unsaturated/α-hetero) is 1. The Balaban J connectivity index is 2.41. The summed E-state index contributed by atoms with van der Waals surface area (Å²) in [4.78, 5) is 23.0. The van der Waals surface area contributed by atoms with Gasteiger partial charge >= 0.3 is 0 Å². The molecule has 1 saturated carbocycles. The first-order valence-electron chi connectivity index (χ1n) is 6.51. The average Bonchev–Trinajstić information content (AvgIpc) is 2.64. The predicted molar refractivity (Wildman–Crippen MR) is 72.9 cm³/mol. The van der Waals surface area contributed by atoms with Gasteiger partial charge in [-0.05, 0) is 12.8 Å². The summed E-state index contributed by atoms with van der Waals surface area (Å²) in [5, 5.41) is 20.5. The lowest BCUT2D eigenvalue weighted by Crippen LogP contribution is -2.33. The SMILES string of the molecule is CC1(C)CCC(C#N)(Cc2ccccc2[N+](=O)[O-])C1=O. The minimum Gasteiger partial charge on any atom is -0.297 e. The van der Waals surface area contributed by atoms with Crippen LogP contribution in [0.2, 0.25) is 0 Å². The first-order valence-corrected chi connectivity index (χ1v) is 6.51. The molecule has 0 aliphatic heterocycles. The highest BCUT2D eigenvalue weighted by molar-refractivity contribution is 5.94. The minimum absolute atomic E-state index is 0.0281. The second kappa shape index (κ2) is 4.71. The standard InChI is InChI=1S/C15H16N2O3/c1-14(2)7-8-15(10-16,13(14)18)9-11-5-3-4-6-12(11)17(19)20/h3-6H,7-9H2,1-2H3. The normalized spacial score (nSPS) is 24.4. The molecule has 5 heteroatoms. The van der Waals surface area contributed by atoms with Crippen molar-refractivity contribution >= 4 is 11.5 Å². The van der Waals surface area contributed by atoms with Gasteiger partial charge < -0.3 is 0 Å². The van der Waals surface area contributed by atoms with E-state index < -0.39 is 15.8 Å². The molecule has 1 aliphatic carbocycles. The highest BCUT2D eigenvalue weighted by atomic mass is 16.6. The van der Waals surface area contributed by atoms with Crippen LogP contribution < -0.4 is 0 Å². The molecule has 0 spiro atoms. The van der Waals surface area contributed by atoms with Crippen LogP contribution in [0.15, 0.2) is 24.3 Å². The third kappa shape index (κ3) is 2.18. The van der Waals surface area contributed by atoms with Crippen LogP contribution in [0.1, 0.15) is 32.3 Å². The Kier molecular flexibility index (Phi) is 3.34. The summed E-state index contributed by atoms with van der Waals surface area (Å²) in [6.07, 6.45) is 1.21. The summed E-state index contributed by atoms with van der Waals surface area (Å²) in [6.45, 7) is 3.65. The van der Waals surface area contributed by atoms with Crippen LogP contribution in [0.3, 0.4) is 0 Å². The third-order valence-corrected chi connectivity index (χ3v) is 4.12. The molecule has 0 radical (unpaired) electrons. The lowest BCUT2D eigenvalue weighted by Gasteiger charge is -2.22. The van der Waals surface area contributed by atoms with E-state index in [1.54, 1.807) is 18.2 Å². The van der Waals surface area contributed by atoms with Crippen molar-refractivity contribution in [2.24, 2.45) is 10.8 Å². The van der Waals surface area contributed by atoms with E-state index in [1.807, 2.05) is 13.8 Å². The number of nitrogens with zero attached hydrogens (tertiary/aromatic N) is 2. The largest absolute Gasteiger partial charge is 0.297 e. The van der Waals surface area contributed by atoms with E-state index in [0.29, 0.717) is 18.4 Å². The van der Waals surface area contributed by atoms with Gasteiger partial charge in [-0.15, -0.1) is 0 Å². The second-order valence-corrected chi connectivity index (χ2v) is 5.97. The lowest BCUT2D eigenvalue weighted by molar-refractivity contribution is -0.385. The van der Waals surface area contributed by atoms with Crippen LogP contribution >= 0.6 is 0 Å². The van der Waals surface area contributed by atoms with E-state index in [4.69, 9.17) is 0 Å². The van der Waals surface area contributed by atoms with Gasteiger partial charge in [-0.1, -0.05) is 32.0 Å². The van der Waals surface area contributed by atoms with E-state index in [9.17, 15) is 20.2 Å². The van der Waals surface area contributed by atoms with Crippen molar-refractivity contribution in [1.29, 1.82) is 5.26 Å². The molecule has 0 N–H and O–H groups in total. The number of rotatable bonds is 3. The maximum absolute atomic E-state index is 12.5. The first kappa shape index (κ1) is 14.2. The molecular weight excluding hydrogens is 256 g/mol. The number of ketones is 1. The summed E-state index contributed by atoms with van der Waals surface area (Å²) < 4.78 is 0. The Labute approximate surface area is 117 Å². The zero-order valence-corrected chi connectivity index (χ0v) is 11.5. The summed E-state index contributed by atoms with van der Waals surface area (Å²) >= 11 is 0. The molecule has 1 aromatic rings. The van der Waals surface area contributed by atoms with Crippen molar-refractivity contribution in [3.05, 3.63) is 39.9 Å². The second-order valence-electron chi connectivity index (χ2n) is 5.97. The molecule has 5 nitrogen and oxygen atoms in total. The van der Waals surface area contributed by atoms with Crippen molar-refractivity contribution in [2.75, 3.05) is 0 Å². The van der Waals surface area contributed by atoms with Crippen LogP contribution in [0.25, 0.3) is 0 Å². The number of benzene rings is 1. The summed E-state index contributed by atoms with van der Waals surface area (Å²) in [5.41, 5.74) is -1.24. The average molecular weight is 272 g/mol. The van der Waals surface area contributed by atoms with Gasteiger partial charge in [-0.2, -0.15) is 5.26 Å². The Hall–Kier alpha value is -2.22. The summed E-state index contributed by atoms with van der Waals surface area (Å²) in [6, 6.07) is 8.43. The van der Waals surface area contributed by atoms with Gasteiger partial charge in [0.05, 0.1) is 11.0 Å². The fraction of sp³-hybridized carbons (Fsp3) is 0.467. The maximum Gasteiger partial charge on any atom is 0.272 e. The number of para-hydroxylation sites is 1. The number of nitro groups is 1. The summed E-state index contributed by atoms with van der Waals surface area (Å²) in [7, 11) is 0. The molecule has 0 bridgehead atoms. The van der Waals surface area contributed by atoms with Gasteiger partial charge in [0.2, 0.25) is 0 Å². The zero-order valence-electron chi connectivity index (χ0n) is 11.5. The summed E-state index contributed by atoms with van der Waals surface area (Å²) in [5.74, 6) is -0.106. The molecule has 0 heterocycles. The monoisotopic (exact) mass is 272 g/mol. The first-order chi connectivity index (χ1) is 9.32. The predicted octanol–water partition coefficient (Wildman–Crippen LogP) is 3.04. The van der Waals surface area contributed by atoms with Crippen molar-refractivity contribution in [2.45, 2.75) is 33.1 Å². The fourth-order valence-electron chi connectivity index (χ4n) is 2.88. The number of carbonyl (C=O) groups excluding carboxylic acids is 1. The van der Waals surface area contributed by atoms with E-state index in [-0.39, 0.29) is 17.9 Å². The molecular formula is C15H16N2O3. The molecule has 1 aliphatic rings. The van der Waals surface area contributed by atoms with E-state index in [1.165, 1.54) is 6.07 Å². The highest BCUT2D eigenvalue weighted by Gasteiger charge is 2.52. The van der Waals surface area contributed by atoms with Gasteiger partial charge in [-0.25, -0.2) is 0 Å². The van der Waals surface area contributed by atoms with Gasteiger partial charge in [0.25, 0.3) is 5.69 Å². The quantitative estimate of drug-likeness (QED) is 0.625. The van der Waals surface area contributed by atoms with Crippen molar-refractivity contribution in [3.8, 4) is 6.07 Å².